The molecule has 0 aromatic carbocycles. The zero-order valence-corrected chi connectivity index (χ0v) is 7.41. The van der Waals surface area contributed by atoms with Crippen LogP contribution in [0.15, 0.2) is 12.3 Å². The summed E-state index contributed by atoms with van der Waals surface area (Å²) in [5.74, 6) is 0. The number of fused-ring (bicyclic) bond motifs is 1. The molecule has 0 radical (unpaired) electrons. The van der Waals surface area contributed by atoms with E-state index in [4.69, 9.17) is 11.6 Å². The molecule has 11 heavy (non-hydrogen) atoms. The Hall–Kier alpha value is -0.670. The first-order valence-corrected chi connectivity index (χ1v) is 4.34. The fourth-order valence-corrected chi connectivity index (χ4v) is 1.95. The minimum absolute atomic E-state index is 0.737. The van der Waals surface area contributed by atoms with Gasteiger partial charge in [0.1, 0.15) is 0 Å². The first-order chi connectivity index (χ1) is 5.27. The second-order valence-electron chi connectivity index (χ2n) is 2.18. The van der Waals surface area contributed by atoms with Crippen molar-refractivity contribution in [2.45, 2.75) is 6.92 Å². The number of rotatable bonds is 0. The third-order valence-corrected chi connectivity index (χ3v) is 2.77. The molecule has 0 atom stereocenters. The van der Waals surface area contributed by atoms with Crippen LogP contribution in [0.2, 0.25) is 5.02 Å². The number of pyridine rings is 1. The molecule has 0 aliphatic heterocycles. The van der Waals surface area contributed by atoms with E-state index < -0.39 is 0 Å². The van der Waals surface area contributed by atoms with Crippen LogP contribution < -0.4 is 0 Å². The standard InChI is InChI=1S/C7H5ClN2S/c1-4-10-7-6(11-4)5(8)2-3-9-7/h2-3H,1H3. The Labute approximate surface area is 72.9 Å². The Bertz CT molecular complexity index is 396. The number of hydrogen-bond donors (Lipinski definition) is 0. The van der Waals surface area contributed by atoms with Crippen LogP contribution >= 0.6 is 22.9 Å². The highest BCUT2D eigenvalue weighted by molar-refractivity contribution is 7.19. The summed E-state index contributed by atoms with van der Waals surface area (Å²) in [5.41, 5.74) is 0.750. The van der Waals surface area contributed by atoms with E-state index in [1.807, 2.05) is 6.92 Å². The van der Waals surface area contributed by atoms with Gasteiger partial charge in [-0.05, 0) is 13.0 Å². The maximum Gasteiger partial charge on any atom is 0.172 e. The van der Waals surface area contributed by atoms with Crippen molar-refractivity contribution in [2.24, 2.45) is 0 Å². The van der Waals surface area contributed by atoms with Gasteiger partial charge < -0.3 is 0 Å². The van der Waals surface area contributed by atoms with Crippen molar-refractivity contribution in [1.82, 2.24) is 9.97 Å². The molecule has 0 fully saturated rings. The highest BCUT2D eigenvalue weighted by Crippen LogP contribution is 2.26. The predicted molar refractivity (Wildman–Crippen MR) is 47.2 cm³/mol. The SMILES string of the molecule is Cc1nc2nccc(Cl)c2s1. The van der Waals surface area contributed by atoms with Gasteiger partial charge in [0.05, 0.1) is 14.7 Å². The molecule has 0 unspecified atom stereocenters. The molecule has 2 heterocycles. The molecule has 0 saturated carbocycles. The smallest absolute Gasteiger partial charge is 0.172 e. The van der Waals surface area contributed by atoms with Crippen molar-refractivity contribution in [3.05, 3.63) is 22.3 Å². The van der Waals surface area contributed by atoms with Gasteiger partial charge in [0.15, 0.2) is 5.65 Å². The van der Waals surface area contributed by atoms with Crippen LogP contribution in [-0.4, -0.2) is 9.97 Å². The average molecular weight is 185 g/mol. The van der Waals surface area contributed by atoms with Gasteiger partial charge in [-0.1, -0.05) is 11.6 Å². The minimum Gasteiger partial charge on any atom is -0.236 e. The molecular formula is C7H5ClN2S. The van der Waals surface area contributed by atoms with Crippen molar-refractivity contribution >= 4 is 33.3 Å². The first-order valence-electron chi connectivity index (χ1n) is 3.15. The largest absolute Gasteiger partial charge is 0.236 e. The Balaban J connectivity index is 2.90. The highest BCUT2D eigenvalue weighted by atomic mass is 35.5. The summed E-state index contributed by atoms with van der Waals surface area (Å²) in [4.78, 5) is 8.27. The van der Waals surface area contributed by atoms with Crippen molar-refractivity contribution < 1.29 is 0 Å². The van der Waals surface area contributed by atoms with E-state index in [-0.39, 0.29) is 0 Å². The molecule has 2 nitrogen and oxygen atoms in total. The number of aryl methyl sites for hydroxylation is 1. The maximum absolute atomic E-state index is 5.90. The Morgan fingerprint density at radius 3 is 3.09 bits per heavy atom. The average Bonchev–Trinajstić information content (AvgIpc) is 2.31. The lowest BCUT2D eigenvalue weighted by Gasteiger charge is -1.87. The monoisotopic (exact) mass is 184 g/mol. The fourth-order valence-electron chi connectivity index (χ4n) is 0.908. The molecule has 0 saturated heterocycles. The van der Waals surface area contributed by atoms with Gasteiger partial charge in [0.25, 0.3) is 0 Å². The zero-order chi connectivity index (χ0) is 7.84. The van der Waals surface area contributed by atoms with Crippen molar-refractivity contribution in [2.75, 3.05) is 0 Å². The van der Waals surface area contributed by atoms with E-state index in [1.54, 1.807) is 23.6 Å². The van der Waals surface area contributed by atoms with Crippen LogP contribution in [0.25, 0.3) is 10.3 Å². The van der Waals surface area contributed by atoms with Crippen LogP contribution in [0.4, 0.5) is 0 Å². The predicted octanol–water partition coefficient (Wildman–Crippen LogP) is 2.65. The summed E-state index contributed by atoms with van der Waals surface area (Å²) in [5, 5.41) is 1.74. The van der Waals surface area contributed by atoms with Crippen molar-refractivity contribution in [3.63, 3.8) is 0 Å². The lowest BCUT2D eigenvalue weighted by atomic mass is 10.5. The summed E-state index contributed by atoms with van der Waals surface area (Å²) < 4.78 is 0.978. The summed E-state index contributed by atoms with van der Waals surface area (Å²) in [6.45, 7) is 1.95. The Morgan fingerprint density at radius 1 is 1.55 bits per heavy atom. The van der Waals surface area contributed by atoms with Crippen LogP contribution in [0.5, 0.6) is 0 Å². The van der Waals surface area contributed by atoms with Gasteiger partial charge in [-0.15, -0.1) is 11.3 Å². The van der Waals surface area contributed by atoms with Crippen LogP contribution in [0.3, 0.4) is 0 Å². The van der Waals surface area contributed by atoms with E-state index >= 15 is 0 Å². The molecule has 4 heteroatoms. The molecule has 2 aromatic rings. The second kappa shape index (κ2) is 2.43. The summed E-state index contributed by atoms with van der Waals surface area (Å²) in [6, 6.07) is 1.78. The normalized spacial score (nSPS) is 10.7. The van der Waals surface area contributed by atoms with Gasteiger partial charge in [0, 0.05) is 6.20 Å². The van der Waals surface area contributed by atoms with Crippen molar-refractivity contribution in [3.8, 4) is 0 Å². The van der Waals surface area contributed by atoms with E-state index in [2.05, 4.69) is 9.97 Å². The molecule has 0 spiro atoms. The summed E-state index contributed by atoms with van der Waals surface area (Å²) in [7, 11) is 0. The third kappa shape index (κ3) is 1.10. The molecule has 0 aliphatic rings. The third-order valence-electron chi connectivity index (χ3n) is 1.35. The topological polar surface area (TPSA) is 25.8 Å². The molecule has 0 aliphatic carbocycles. The highest BCUT2D eigenvalue weighted by Gasteiger charge is 2.03. The quantitative estimate of drug-likeness (QED) is 0.629. The summed E-state index contributed by atoms with van der Waals surface area (Å²) >= 11 is 7.47. The van der Waals surface area contributed by atoms with E-state index in [1.165, 1.54) is 0 Å². The van der Waals surface area contributed by atoms with Crippen molar-refractivity contribution in [1.29, 1.82) is 0 Å². The maximum atomic E-state index is 5.90. The van der Waals surface area contributed by atoms with Gasteiger partial charge in [-0.25, -0.2) is 9.97 Å². The summed E-state index contributed by atoms with van der Waals surface area (Å²) in [6.07, 6.45) is 1.67. The van der Waals surface area contributed by atoms with Gasteiger partial charge >= 0.3 is 0 Å². The Kier molecular flexibility index (Phi) is 1.55. The van der Waals surface area contributed by atoms with Crippen LogP contribution in [0, 0.1) is 6.92 Å². The molecule has 56 valence electrons. The lowest BCUT2D eigenvalue weighted by Crippen LogP contribution is -1.74. The van der Waals surface area contributed by atoms with E-state index in [9.17, 15) is 0 Å². The molecule has 0 bridgehead atoms. The van der Waals surface area contributed by atoms with Gasteiger partial charge in [0.2, 0.25) is 0 Å². The molecule has 2 rings (SSSR count). The number of thiazole rings is 1. The van der Waals surface area contributed by atoms with Crippen LogP contribution in [0.1, 0.15) is 5.01 Å². The van der Waals surface area contributed by atoms with Gasteiger partial charge in [-0.2, -0.15) is 0 Å². The number of halogens is 1. The molecule has 0 N–H and O–H groups in total. The second-order valence-corrected chi connectivity index (χ2v) is 3.79. The van der Waals surface area contributed by atoms with Crippen LogP contribution in [-0.2, 0) is 0 Å². The minimum atomic E-state index is 0.737. The van der Waals surface area contributed by atoms with Gasteiger partial charge in [-0.3, -0.25) is 0 Å². The molecule has 2 aromatic heterocycles. The number of nitrogens with zero attached hydrogens (tertiary/aromatic N) is 2. The molecule has 0 amide bonds. The lowest BCUT2D eigenvalue weighted by molar-refractivity contribution is 1.27. The number of hydrogen-bond acceptors (Lipinski definition) is 3. The Morgan fingerprint density at radius 2 is 2.36 bits per heavy atom. The molecular weight excluding hydrogens is 180 g/mol. The zero-order valence-electron chi connectivity index (χ0n) is 5.84. The van der Waals surface area contributed by atoms with E-state index in [0.29, 0.717) is 0 Å². The number of aromatic nitrogens is 2. The first kappa shape index (κ1) is 7.00. The fraction of sp³-hybridized carbons (Fsp3) is 0.143. The van der Waals surface area contributed by atoms with E-state index in [0.717, 1.165) is 20.4 Å².